The van der Waals surface area contributed by atoms with E-state index in [1.807, 2.05) is 6.92 Å². The summed E-state index contributed by atoms with van der Waals surface area (Å²) in [5.41, 5.74) is 0.692. The summed E-state index contributed by atoms with van der Waals surface area (Å²) in [7, 11) is 3.13. The lowest BCUT2D eigenvalue weighted by molar-refractivity contribution is -0.142. The zero-order valence-electron chi connectivity index (χ0n) is 22.8. The normalized spacial score (nSPS) is 14.5. The van der Waals surface area contributed by atoms with Crippen molar-refractivity contribution < 1.29 is 19.1 Å². The molecule has 11 nitrogen and oxygen atoms in total. The molecule has 1 aliphatic rings. The molecule has 1 atom stereocenters. The van der Waals surface area contributed by atoms with Gasteiger partial charge in [0.15, 0.2) is 11.5 Å². The fourth-order valence-electron chi connectivity index (χ4n) is 4.77. The molecule has 1 aromatic heterocycles. The first-order valence-electron chi connectivity index (χ1n) is 13.3. The number of rotatable bonds is 14. The molecule has 0 bridgehead atoms. The van der Waals surface area contributed by atoms with Gasteiger partial charge in [0, 0.05) is 24.7 Å². The molecular weight excluding hydrogens is 474 g/mol. The molecule has 1 unspecified atom stereocenters. The first-order chi connectivity index (χ1) is 17.9. The van der Waals surface area contributed by atoms with E-state index in [0.717, 1.165) is 38.8 Å². The number of ether oxygens (including phenoxy) is 2. The maximum atomic E-state index is 13.5. The van der Waals surface area contributed by atoms with Gasteiger partial charge in [0.25, 0.3) is 0 Å². The van der Waals surface area contributed by atoms with Crippen molar-refractivity contribution in [2.24, 2.45) is 0 Å². The predicted molar refractivity (Wildman–Crippen MR) is 140 cm³/mol. The van der Waals surface area contributed by atoms with Crippen LogP contribution in [-0.4, -0.2) is 94.3 Å². The van der Waals surface area contributed by atoms with Crippen molar-refractivity contribution in [3.05, 3.63) is 18.2 Å². The molecule has 0 spiro atoms. The molecule has 204 valence electrons. The minimum absolute atomic E-state index is 0.0835. The topological polar surface area (TPSA) is 115 Å². The number of amides is 2. The Hall–Kier alpha value is -3.21. The molecular formula is C26H41N7O4. The van der Waals surface area contributed by atoms with Crippen molar-refractivity contribution in [2.75, 3.05) is 40.4 Å². The number of tetrazole rings is 1. The van der Waals surface area contributed by atoms with Gasteiger partial charge in [-0.15, -0.1) is 10.2 Å². The van der Waals surface area contributed by atoms with Crippen LogP contribution in [0.5, 0.6) is 11.5 Å². The predicted octanol–water partition coefficient (Wildman–Crippen LogP) is 2.37. The van der Waals surface area contributed by atoms with Gasteiger partial charge in [0.05, 0.1) is 14.2 Å². The highest BCUT2D eigenvalue weighted by Gasteiger charge is 2.31. The third-order valence-corrected chi connectivity index (χ3v) is 7.01. The van der Waals surface area contributed by atoms with Crippen LogP contribution in [0.1, 0.15) is 52.9 Å². The molecule has 1 N–H and O–H groups in total. The van der Waals surface area contributed by atoms with E-state index in [-0.39, 0.29) is 24.4 Å². The van der Waals surface area contributed by atoms with Crippen molar-refractivity contribution in [3.63, 3.8) is 0 Å². The van der Waals surface area contributed by atoms with Crippen molar-refractivity contribution in [3.8, 4) is 22.9 Å². The second-order valence-electron chi connectivity index (χ2n) is 9.24. The van der Waals surface area contributed by atoms with Crippen LogP contribution in [0, 0.1) is 0 Å². The molecule has 0 radical (unpaired) electrons. The summed E-state index contributed by atoms with van der Waals surface area (Å²) in [5.74, 6) is 1.22. The third-order valence-electron chi connectivity index (χ3n) is 7.01. The number of hydrogen-bond donors (Lipinski definition) is 1. The number of aromatic nitrogens is 4. The summed E-state index contributed by atoms with van der Waals surface area (Å²) in [4.78, 5) is 32.0. The van der Waals surface area contributed by atoms with Gasteiger partial charge in [0.1, 0.15) is 12.6 Å². The van der Waals surface area contributed by atoms with E-state index in [9.17, 15) is 9.59 Å². The van der Waals surface area contributed by atoms with Crippen LogP contribution in [0.4, 0.5) is 0 Å². The van der Waals surface area contributed by atoms with E-state index < -0.39 is 6.04 Å². The molecule has 2 aromatic rings. The maximum Gasteiger partial charge on any atom is 0.246 e. The Labute approximate surface area is 219 Å². The summed E-state index contributed by atoms with van der Waals surface area (Å²) >= 11 is 0. The lowest BCUT2D eigenvalue weighted by Gasteiger charge is -2.33. The smallest absolute Gasteiger partial charge is 0.246 e. The van der Waals surface area contributed by atoms with E-state index in [1.54, 1.807) is 37.3 Å². The zero-order chi connectivity index (χ0) is 26.8. The van der Waals surface area contributed by atoms with Gasteiger partial charge in [-0.1, -0.05) is 33.6 Å². The van der Waals surface area contributed by atoms with Gasteiger partial charge in [-0.25, -0.2) is 0 Å². The summed E-state index contributed by atoms with van der Waals surface area (Å²) in [6, 6.07) is 4.99. The first-order valence-corrected chi connectivity index (χ1v) is 13.3. The summed E-state index contributed by atoms with van der Waals surface area (Å²) in [5, 5.41) is 15.8. The van der Waals surface area contributed by atoms with E-state index in [4.69, 9.17) is 9.47 Å². The molecule has 1 fully saturated rings. The molecule has 11 heteroatoms. The fourth-order valence-corrected chi connectivity index (χ4v) is 4.77. The highest BCUT2D eigenvalue weighted by Crippen LogP contribution is 2.30. The number of nitrogens with one attached hydrogen (secondary N) is 1. The third kappa shape index (κ3) is 7.41. The summed E-state index contributed by atoms with van der Waals surface area (Å²) < 4.78 is 10.7. The van der Waals surface area contributed by atoms with Gasteiger partial charge < -0.3 is 24.6 Å². The van der Waals surface area contributed by atoms with E-state index in [1.165, 1.54) is 4.80 Å². The van der Waals surface area contributed by atoms with Gasteiger partial charge in [-0.05, 0) is 55.8 Å². The number of carbonyl (C=O) groups excluding carboxylic acids is 2. The number of hydrogen-bond acceptors (Lipinski definition) is 8. The molecule has 37 heavy (non-hydrogen) atoms. The monoisotopic (exact) mass is 515 g/mol. The fraction of sp³-hybridized carbons (Fsp3) is 0.654. The van der Waals surface area contributed by atoms with Crippen molar-refractivity contribution in [1.29, 1.82) is 0 Å². The number of benzene rings is 1. The highest BCUT2D eigenvalue weighted by atomic mass is 16.5. The quantitative estimate of drug-likeness (QED) is 0.408. The summed E-state index contributed by atoms with van der Waals surface area (Å²) in [6.07, 6.45) is 4.79. The lowest BCUT2D eigenvalue weighted by Crippen LogP contribution is -2.53. The molecule has 3 rings (SSSR count). The molecule has 0 saturated heterocycles. The zero-order valence-corrected chi connectivity index (χ0v) is 22.8. The van der Waals surface area contributed by atoms with Crippen LogP contribution >= 0.6 is 0 Å². The Morgan fingerprint density at radius 1 is 1.08 bits per heavy atom. The Bertz CT molecular complexity index is 1020. The van der Waals surface area contributed by atoms with E-state index in [2.05, 4.69) is 39.5 Å². The number of methoxy groups -OCH3 is 2. The van der Waals surface area contributed by atoms with Crippen LogP contribution in [0.2, 0.25) is 0 Å². The van der Waals surface area contributed by atoms with Crippen LogP contribution in [0.25, 0.3) is 11.4 Å². The number of nitrogens with zero attached hydrogens (tertiary/aromatic N) is 6. The molecule has 1 aromatic carbocycles. The molecule has 1 saturated carbocycles. The molecule has 2 amide bonds. The lowest BCUT2D eigenvalue weighted by atomic mass is 10.1. The average Bonchev–Trinajstić information content (AvgIpc) is 3.60. The van der Waals surface area contributed by atoms with Crippen LogP contribution < -0.4 is 14.8 Å². The van der Waals surface area contributed by atoms with Crippen LogP contribution in [0.15, 0.2) is 18.2 Å². The Kier molecular flexibility index (Phi) is 10.7. The van der Waals surface area contributed by atoms with Crippen molar-refractivity contribution in [1.82, 2.24) is 35.3 Å². The van der Waals surface area contributed by atoms with E-state index in [0.29, 0.717) is 42.4 Å². The number of carbonyl (C=O) groups is 2. The Morgan fingerprint density at radius 3 is 2.41 bits per heavy atom. The largest absolute Gasteiger partial charge is 0.493 e. The molecule has 0 aliphatic heterocycles. The van der Waals surface area contributed by atoms with Gasteiger partial charge in [-0.2, -0.15) is 4.80 Å². The standard InChI is InChI=1S/C26H41N7O4/c1-6-21(26(35)27-20-11-9-10-12-20)32(16-15-31(7-2)8-3)24(34)18-33-29-25(28-30-33)19-13-14-22(36-4)23(17-19)37-5/h13-14,17,20-21H,6-12,15-16,18H2,1-5H3,(H,27,35). The Balaban J connectivity index is 1.76. The second kappa shape index (κ2) is 13.9. The minimum Gasteiger partial charge on any atom is -0.493 e. The second-order valence-corrected chi connectivity index (χ2v) is 9.24. The SMILES string of the molecule is CCC(C(=O)NC1CCCC1)N(CCN(CC)CC)C(=O)Cn1nnc(-c2ccc(OC)c(OC)c2)n1. The van der Waals surface area contributed by atoms with Gasteiger partial charge in [-0.3, -0.25) is 9.59 Å². The Morgan fingerprint density at radius 2 is 1.78 bits per heavy atom. The van der Waals surface area contributed by atoms with Crippen LogP contribution in [-0.2, 0) is 16.1 Å². The minimum atomic E-state index is -0.544. The molecule has 1 heterocycles. The van der Waals surface area contributed by atoms with Crippen molar-refractivity contribution in [2.45, 2.75) is 71.5 Å². The average molecular weight is 516 g/mol. The van der Waals surface area contributed by atoms with Crippen molar-refractivity contribution >= 4 is 11.8 Å². The number of likely N-dealkylation sites (N-methyl/N-ethyl adjacent to an activating group) is 1. The molecule has 1 aliphatic carbocycles. The summed E-state index contributed by atoms with van der Waals surface area (Å²) in [6.45, 7) is 8.92. The highest BCUT2D eigenvalue weighted by molar-refractivity contribution is 5.87. The maximum absolute atomic E-state index is 13.5. The van der Waals surface area contributed by atoms with Gasteiger partial charge >= 0.3 is 0 Å². The first kappa shape index (κ1) is 28.4. The van der Waals surface area contributed by atoms with Gasteiger partial charge in [0.2, 0.25) is 17.6 Å². The van der Waals surface area contributed by atoms with E-state index >= 15 is 0 Å². The van der Waals surface area contributed by atoms with Crippen LogP contribution in [0.3, 0.4) is 0 Å².